The van der Waals surface area contributed by atoms with Crippen molar-refractivity contribution < 1.29 is 27.7 Å². The number of nitrogens with one attached hydrogen (secondary N) is 1. The third-order valence-corrected chi connectivity index (χ3v) is 6.13. The zero-order chi connectivity index (χ0) is 22.2. The van der Waals surface area contributed by atoms with E-state index in [2.05, 4.69) is 5.32 Å². The minimum absolute atomic E-state index is 0.00966. The van der Waals surface area contributed by atoms with Gasteiger partial charge in [-0.1, -0.05) is 37.6 Å². The quantitative estimate of drug-likeness (QED) is 0.364. The lowest BCUT2D eigenvalue weighted by molar-refractivity contribution is -0.124. The second-order valence-corrected chi connectivity index (χ2v) is 9.59. The molecule has 1 amide bonds. The first-order valence-electron chi connectivity index (χ1n) is 9.83. The van der Waals surface area contributed by atoms with Gasteiger partial charge in [0, 0.05) is 24.3 Å². The molecule has 2 atom stereocenters. The number of aliphatic hydroxyl groups is 1. The van der Waals surface area contributed by atoms with Crippen LogP contribution in [0.3, 0.4) is 0 Å². The summed E-state index contributed by atoms with van der Waals surface area (Å²) in [5, 5.41) is 12.3. The van der Waals surface area contributed by atoms with Crippen LogP contribution in [0.15, 0.2) is 34.9 Å². The van der Waals surface area contributed by atoms with E-state index in [1.54, 1.807) is 13.8 Å². The Balaban J connectivity index is 2.62. The molecule has 0 aliphatic heterocycles. The van der Waals surface area contributed by atoms with Gasteiger partial charge < -0.3 is 10.4 Å². The predicted octanol–water partition coefficient (Wildman–Crippen LogP) is 2.59. The summed E-state index contributed by atoms with van der Waals surface area (Å²) in [5.74, 6) is -0.927. The molecule has 0 fully saturated rings. The van der Waals surface area contributed by atoms with Crippen LogP contribution in [0, 0.1) is 11.3 Å². The van der Waals surface area contributed by atoms with Crippen LogP contribution in [0.25, 0.3) is 0 Å². The normalized spacial score (nSPS) is 22.3. The summed E-state index contributed by atoms with van der Waals surface area (Å²) in [7, 11) is -4.08. The van der Waals surface area contributed by atoms with E-state index in [0.29, 0.717) is 31.3 Å². The van der Waals surface area contributed by atoms with Crippen molar-refractivity contribution in [3.63, 3.8) is 0 Å². The van der Waals surface area contributed by atoms with Crippen LogP contribution >= 0.6 is 0 Å². The van der Waals surface area contributed by atoms with Crippen molar-refractivity contribution in [2.45, 2.75) is 53.4 Å². The van der Waals surface area contributed by atoms with Gasteiger partial charge in [0.1, 0.15) is 0 Å². The largest absolute Gasteiger partial charge is 0.395 e. The molecule has 8 heteroatoms. The van der Waals surface area contributed by atoms with Crippen molar-refractivity contribution >= 4 is 21.8 Å². The average Bonchev–Trinajstić information content (AvgIpc) is 2.63. The molecule has 1 aliphatic rings. The molecule has 0 aromatic carbocycles. The van der Waals surface area contributed by atoms with Crippen LogP contribution in [0.2, 0.25) is 0 Å². The number of Topliss-reactive ketones (excluding diaryl/α,β-unsaturated/α-hetero) is 1. The zero-order valence-corrected chi connectivity index (χ0v) is 18.5. The van der Waals surface area contributed by atoms with E-state index in [9.17, 15) is 23.1 Å². The summed E-state index contributed by atoms with van der Waals surface area (Å²) in [6, 6.07) is 0. The van der Waals surface area contributed by atoms with Gasteiger partial charge >= 0.3 is 0 Å². The fourth-order valence-corrected chi connectivity index (χ4v) is 3.62. The van der Waals surface area contributed by atoms with Gasteiger partial charge in [-0.25, -0.2) is 0 Å². The zero-order valence-electron chi connectivity index (χ0n) is 17.7. The maximum absolute atomic E-state index is 12.0. The second-order valence-electron chi connectivity index (χ2n) is 8.02. The standard InChI is InChI=1S/C21H33NO6S/c1-15(6-5-7-16(2)20(25)22-12-13-29(26,27)28)8-9-18-17(3)19(24)10-11-21(18,4)14-23/h6,8-9,16,23H,5,7,10-14H2,1-4H3,(H,22,25)(H,26,27,28)/b9-8+,15-6+. The Bertz CT molecular complexity index is 809. The van der Waals surface area contributed by atoms with Crippen molar-refractivity contribution in [2.24, 2.45) is 11.3 Å². The number of ketones is 1. The fraction of sp³-hybridized carbons (Fsp3) is 0.619. The first-order valence-corrected chi connectivity index (χ1v) is 11.4. The van der Waals surface area contributed by atoms with Gasteiger partial charge in [0.2, 0.25) is 5.91 Å². The molecule has 0 spiro atoms. The molecule has 0 heterocycles. The highest BCUT2D eigenvalue weighted by molar-refractivity contribution is 7.85. The molecule has 0 aromatic rings. The molecular formula is C21H33NO6S. The molecule has 1 aliphatic carbocycles. The van der Waals surface area contributed by atoms with Crippen LogP contribution in [0.1, 0.15) is 53.4 Å². The summed E-state index contributed by atoms with van der Waals surface area (Å²) >= 11 is 0. The van der Waals surface area contributed by atoms with E-state index in [-0.39, 0.29) is 30.8 Å². The third kappa shape index (κ3) is 8.24. The Morgan fingerprint density at radius 1 is 1.38 bits per heavy atom. The lowest BCUT2D eigenvalue weighted by Crippen LogP contribution is -2.33. The van der Waals surface area contributed by atoms with Crippen LogP contribution < -0.4 is 5.32 Å². The fourth-order valence-electron chi connectivity index (χ4n) is 3.26. The number of aliphatic hydroxyl groups excluding tert-OH is 1. The van der Waals surface area contributed by atoms with E-state index >= 15 is 0 Å². The molecule has 7 nitrogen and oxygen atoms in total. The van der Waals surface area contributed by atoms with Crippen LogP contribution in [0.5, 0.6) is 0 Å². The Hall–Kier alpha value is -1.77. The second kappa shape index (κ2) is 10.8. The Morgan fingerprint density at radius 3 is 2.62 bits per heavy atom. The van der Waals surface area contributed by atoms with E-state index < -0.39 is 21.3 Å². The summed E-state index contributed by atoms with van der Waals surface area (Å²) in [6.45, 7) is 7.33. The molecule has 2 unspecified atom stereocenters. The Morgan fingerprint density at radius 2 is 2.03 bits per heavy atom. The first-order chi connectivity index (χ1) is 13.4. The molecule has 164 valence electrons. The van der Waals surface area contributed by atoms with Gasteiger partial charge in [0.15, 0.2) is 5.78 Å². The molecule has 0 bridgehead atoms. The molecular weight excluding hydrogens is 394 g/mol. The number of carbonyl (C=O) groups excluding carboxylic acids is 2. The van der Waals surface area contributed by atoms with Crippen molar-refractivity contribution in [2.75, 3.05) is 18.9 Å². The number of hydrogen-bond acceptors (Lipinski definition) is 5. The monoisotopic (exact) mass is 427 g/mol. The molecule has 3 N–H and O–H groups in total. The van der Waals surface area contributed by atoms with E-state index in [0.717, 1.165) is 11.1 Å². The highest BCUT2D eigenvalue weighted by Crippen LogP contribution is 2.39. The molecule has 1 rings (SSSR count). The van der Waals surface area contributed by atoms with Crippen LogP contribution in [-0.4, -0.2) is 48.7 Å². The van der Waals surface area contributed by atoms with Crippen LogP contribution in [-0.2, 0) is 19.7 Å². The van der Waals surface area contributed by atoms with Gasteiger partial charge in [-0.05, 0) is 44.3 Å². The minimum Gasteiger partial charge on any atom is -0.395 e. The van der Waals surface area contributed by atoms with Crippen LogP contribution in [0.4, 0.5) is 0 Å². The van der Waals surface area contributed by atoms with E-state index in [1.165, 1.54) is 0 Å². The number of hydrogen-bond donors (Lipinski definition) is 3. The first kappa shape index (κ1) is 25.3. The third-order valence-electron chi connectivity index (χ3n) is 5.41. The van der Waals surface area contributed by atoms with Crippen molar-refractivity contribution in [3.8, 4) is 0 Å². The summed E-state index contributed by atoms with van der Waals surface area (Å²) in [6.07, 6.45) is 8.16. The van der Waals surface area contributed by atoms with Crippen molar-refractivity contribution in [1.82, 2.24) is 5.32 Å². The number of rotatable bonds is 10. The van der Waals surface area contributed by atoms with Gasteiger partial charge in [-0.2, -0.15) is 8.42 Å². The lowest BCUT2D eigenvalue weighted by atomic mass is 9.71. The predicted molar refractivity (Wildman–Crippen MR) is 113 cm³/mol. The number of allylic oxidation sites excluding steroid dienone is 5. The van der Waals surface area contributed by atoms with Crippen molar-refractivity contribution in [1.29, 1.82) is 0 Å². The number of carbonyl (C=O) groups is 2. The summed E-state index contributed by atoms with van der Waals surface area (Å²) < 4.78 is 30.0. The minimum atomic E-state index is -4.08. The van der Waals surface area contributed by atoms with Gasteiger partial charge in [-0.3, -0.25) is 14.1 Å². The highest BCUT2D eigenvalue weighted by Gasteiger charge is 2.34. The van der Waals surface area contributed by atoms with Gasteiger partial charge in [-0.15, -0.1) is 0 Å². The SMILES string of the molecule is CC1=C(/C=C/C(C)=C/CCC(C)C(=O)NCCS(=O)(=O)O)C(C)(CO)CCC1=O. The highest BCUT2D eigenvalue weighted by atomic mass is 32.2. The average molecular weight is 428 g/mol. The van der Waals surface area contributed by atoms with E-state index in [1.807, 2.05) is 32.1 Å². The maximum Gasteiger partial charge on any atom is 0.266 e. The van der Waals surface area contributed by atoms with E-state index in [4.69, 9.17) is 4.55 Å². The smallest absolute Gasteiger partial charge is 0.266 e. The Labute approximate surface area is 173 Å². The Kier molecular flexibility index (Phi) is 9.45. The van der Waals surface area contributed by atoms with Crippen molar-refractivity contribution in [3.05, 3.63) is 34.9 Å². The maximum atomic E-state index is 12.0. The summed E-state index contributed by atoms with van der Waals surface area (Å²) in [5.41, 5.74) is 2.15. The molecule has 0 saturated carbocycles. The molecule has 0 saturated heterocycles. The van der Waals surface area contributed by atoms with Gasteiger partial charge in [0.25, 0.3) is 10.1 Å². The lowest BCUT2D eigenvalue weighted by Gasteiger charge is -2.34. The van der Waals surface area contributed by atoms with Gasteiger partial charge in [0.05, 0.1) is 12.4 Å². The molecule has 0 aromatic heterocycles. The molecule has 29 heavy (non-hydrogen) atoms. The molecule has 0 radical (unpaired) electrons. The summed E-state index contributed by atoms with van der Waals surface area (Å²) in [4.78, 5) is 23.9. The topological polar surface area (TPSA) is 121 Å². The number of amides is 1.